The molecule has 2 atom stereocenters. The van der Waals surface area contributed by atoms with E-state index < -0.39 is 0 Å². The molecule has 5 heteroatoms. The van der Waals surface area contributed by atoms with Crippen LogP contribution in [-0.4, -0.2) is 34.0 Å². The third kappa shape index (κ3) is 3.78. The highest BCUT2D eigenvalue weighted by Gasteiger charge is 2.43. The number of aryl methyl sites for hydroxylation is 1. The average molecular weight is 415 g/mol. The largest absolute Gasteiger partial charge is 0.490 e. The molecule has 1 aromatic heterocycles. The molecule has 2 saturated heterocycles. The van der Waals surface area contributed by atoms with Gasteiger partial charge in [0.05, 0.1) is 0 Å². The number of amides is 1. The Hall–Kier alpha value is -1.88. The first-order valence-corrected chi connectivity index (χ1v) is 10.1. The molecule has 136 valence electrons. The van der Waals surface area contributed by atoms with Crippen molar-refractivity contribution in [3.8, 4) is 5.75 Å². The second-order valence-corrected chi connectivity index (χ2v) is 8.03. The number of carbonyl (C=O) groups excluding carboxylic acids is 1. The van der Waals surface area contributed by atoms with Crippen molar-refractivity contribution in [1.29, 1.82) is 0 Å². The number of rotatable bonds is 5. The zero-order valence-electron chi connectivity index (χ0n) is 14.7. The molecule has 2 aliphatic heterocycles. The molecule has 0 saturated carbocycles. The monoisotopic (exact) mass is 414 g/mol. The van der Waals surface area contributed by atoms with E-state index in [4.69, 9.17) is 4.74 Å². The minimum Gasteiger partial charge on any atom is -0.490 e. The van der Waals surface area contributed by atoms with Crippen LogP contribution in [0.25, 0.3) is 0 Å². The van der Waals surface area contributed by atoms with Gasteiger partial charge in [0.2, 0.25) is 5.91 Å². The highest BCUT2D eigenvalue weighted by atomic mass is 79.9. The molecule has 0 radical (unpaired) electrons. The summed E-state index contributed by atoms with van der Waals surface area (Å²) >= 11 is 3.57. The standard InChI is InChI=1S/C21H23BrN2O2/c22-20-4-2-1-3-15(20)5-8-21(25)24-16-6-7-17(24)14-19(13-16)26-18-9-11-23-12-10-18/h1-4,9-12,16-17,19H,5-8,13-14H2. The first-order chi connectivity index (χ1) is 12.7. The highest BCUT2D eigenvalue weighted by molar-refractivity contribution is 9.10. The number of pyridine rings is 1. The van der Waals surface area contributed by atoms with Crippen LogP contribution in [0.2, 0.25) is 0 Å². The van der Waals surface area contributed by atoms with Gasteiger partial charge in [0.1, 0.15) is 11.9 Å². The zero-order chi connectivity index (χ0) is 17.9. The molecule has 2 fully saturated rings. The number of piperidine rings is 1. The molecule has 4 rings (SSSR count). The number of nitrogens with zero attached hydrogens (tertiary/aromatic N) is 2. The van der Waals surface area contributed by atoms with Crippen LogP contribution in [-0.2, 0) is 11.2 Å². The van der Waals surface area contributed by atoms with Crippen molar-refractivity contribution in [2.75, 3.05) is 0 Å². The quantitative estimate of drug-likeness (QED) is 0.728. The maximum atomic E-state index is 12.9. The number of fused-ring (bicyclic) bond motifs is 2. The van der Waals surface area contributed by atoms with Gasteiger partial charge in [0.15, 0.2) is 0 Å². The number of ether oxygens (including phenoxy) is 1. The molecule has 26 heavy (non-hydrogen) atoms. The number of carbonyl (C=O) groups is 1. The van der Waals surface area contributed by atoms with Gasteiger partial charge >= 0.3 is 0 Å². The molecule has 3 heterocycles. The Labute approximate surface area is 162 Å². The first kappa shape index (κ1) is 17.5. The SMILES string of the molecule is O=C(CCc1ccccc1Br)N1C2CCC1CC(Oc1ccncc1)C2. The number of benzene rings is 1. The van der Waals surface area contributed by atoms with Gasteiger partial charge in [-0.1, -0.05) is 34.1 Å². The van der Waals surface area contributed by atoms with E-state index in [0.717, 1.165) is 42.3 Å². The Morgan fingerprint density at radius 2 is 1.81 bits per heavy atom. The molecule has 0 aliphatic carbocycles. The van der Waals surface area contributed by atoms with Crippen LogP contribution in [0.3, 0.4) is 0 Å². The number of hydrogen-bond donors (Lipinski definition) is 0. The van der Waals surface area contributed by atoms with Crippen molar-refractivity contribution in [1.82, 2.24) is 9.88 Å². The number of halogens is 1. The van der Waals surface area contributed by atoms with E-state index in [0.29, 0.717) is 18.5 Å². The summed E-state index contributed by atoms with van der Waals surface area (Å²) in [5, 5.41) is 0. The molecule has 1 aromatic carbocycles. The molecule has 2 aromatic rings. The molecule has 1 amide bonds. The van der Waals surface area contributed by atoms with Crippen molar-refractivity contribution in [2.45, 2.75) is 56.7 Å². The van der Waals surface area contributed by atoms with E-state index in [2.05, 4.69) is 31.9 Å². The fourth-order valence-corrected chi connectivity index (χ4v) is 4.79. The van der Waals surface area contributed by atoms with Gasteiger partial charge < -0.3 is 9.64 Å². The highest BCUT2D eigenvalue weighted by Crippen LogP contribution is 2.37. The minimum absolute atomic E-state index is 0.196. The molecule has 4 nitrogen and oxygen atoms in total. The summed E-state index contributed by atoms with van der Waals surface area (Å²) in [7, 11) is 0. The van der Waals surface area contributed by atoms with Crippen LogP contribution in [0.4, 0.5) is 0 Å². The number of hydrogen-bond acceptors (Lipinski definition) is 3. The fraction of sp³-hybridized carbons (Fsp3) is 0.429. The lowest BCUT2D eigenvalue weighted by Crippen LogP contribution is -2.49. The van der Waals surface area contributed by atoms with Crippen LogP contribution in [0.15, 0.2) is 53.3 Å². The average Bonchev–Trinajstić information content (AvgIpc) is 2.93. The molecule has 0 N–H and O–H groups in total. The van der Waals surface area contributed by atoms with E-state index >= 15 is 0 Å². The van der Waals surface area contributed by atoms with Gasteiger partial charge in [0, 0.05) is 48.2 Å². The summed E-state index contributed by atoms with van der Waals surface area (Å²) in [6.45, 7) is 0. The Balaban J connectivity index is 1.35. The molecule has 2 aliphatic rings. The topological polar surface area (TPSA) is 42.4 Å². The number of aromatic nitrogens is 1. The molecular formula is C21H23BrN2O2. The van der Waals surface area contributed by atoms with Crippen molar-refractivity contribution < 1.29 is 9.53 Å². The van der Waals surface area contributed by atoms with Crippen LogP contribution in [0, 0.1) is 0 Å². The summed E-state index contributed by atoms with van der Waals surface area (Å²) in [5.74, 6) is 1.16. The zero-order valence-corrected chi connectivity index (χ0v) is 16.3. The van der Waals surface area contributed by atoms with E-state index in [1.807, 2.05) is 30.3 Å². The maximum absolute atomic E-state index is 12.9. The molecule has 2 unspecified atom stereocenters. The lowest BCUT2D eigenvalue weighted by atomic mass is 9.98. The Bertz CT molecular complexity index is 754. The minimum atomic E-state index is 0.196. The van der Waals surface area contributed by atoms with E-state index in [9.17, 15) is 4.79 Å². The van der Waals surface area contributed by atoms with Crippen LogP contribution in [0.1, 0.15) is 37.7 Å². The van der Waals surface area contributed by atoms with Gasteiger partial charge in [-0.05, 0) is 43.0 Å². The summed E-state index contributed by atoms with van der Waals surface area (Å²) in [6, 6.07) is 12.6. The summed E-state index contributed by atoms with van der Waals surface area (Å²) in [5.41, 5.74) is 1.20. The van der Waals surface area contributed by atoms with Gasteiger partial charge in [-0.2, -0.15) is 0 Å². The predicted molar refractivity (Wildman–Crippen MR) is 104 cm³/mol. The van der Waals surface area contributed by atoms with Crippen molar-refractivity contribution in [2.24, 2.45) is 0 Å². The fourth-order valence-electron chi connectivity index (χ4n) is 4.31. The second kappa shape index (κ2) is 7.78. The van der Waals surface area contributed by atoms with Gasteiger partial charge in [0.25, 0.3) is 0 Å². The summed E-state index contributed by atoms with van der Waals surface area (Å²) in [6.07, 6.45) is 9.12. The lowest BCUT2D eigenvalue weighted by Gasteiger charge is -2.39. The molecular weight excluding hydrogens is 392 g/mol. The van der Waals surface area contributed by atoms with Crippen LogP contribution in [0.5, 0.6) is 5.75 Å². The van der Waals surface area contributed by atoms with Gasteiger partial charge in [-0.3, -0.25) is 9.78 Å². The smallest absolute Gasteiger partial charge is 0.223 e. The van der Waals surface area contributed by atoms with Gasteiger partial charge in [-0.25, -0.2) is 0 Å². The summed E-state index contributed by atoms with van der Waals surface area (Å²) < 4.78 is 7.21. The third-order valence-electron chi connectivity index (χ3n) is 5.50. The molecule has 2 bridgehead atoms. The Kier molecular flexibility index (Phi) is 5.25. The third-order valence-corrected chi connectivity index (χ3v) is 6.27. The van der Waals surface area contributed by atoms with Crippen molar-refractivity contribution >= 4 is 21.8 Å². The van der Waals surface area contributed by atoms with Crippen molar-refractivity contribution in [3.05, 3.63) is 58.8 Å². The normalized spacial score (nSPS) is 24.5. The van der Waals surface area contributed by atoms with Crippen LogP contribution < -0.4 is 4.74 Å². The van der Waals surface area contributed by atoms with E-state index in [1.165, 1.54) is 5.56 Å². The summed E-state index contributed by atoms with van der Waals surface area (Å²) in [4.78, 5) is 19.1. The Morgan fingerprint density at radius 1 is 1.12 bits per heavy atom. The predicted octanol–water partition coefficient (Wildman–Crippen LogP) is 4.38. The van der Waals surface area contributed by atoms with Gasteiger partial charge in [-0.15, -0.1) is 0 Å². The van der Waals surface area contributed by atoms with E-state index in [-0.39, 0.29) is 12.0 Å². The van der Waals surface area contributed by atoms with Crippen molar-refractivity contribution in [3.63, 3.8) is 0 Å². The maximum Gasteiger partial charge on any atom is 0.223 e. The van der Waals surface area contributed by atoms with E-state index in [1.54, 1.807) is 12.4 Å². The molecule has 0 spiro atoms. The lowest BCUT2D eigenvalue weighted by molar-refractivity contribution is -0.137. The first-order valence-electron chi connectivity index (χ1n) is 9.32. The second-order valence-electron chi connectivity index (χ2n) is 7.17. The Morgan fingerprint density at radius 3 is 2.50 bits per heavy atom. The van der Waals surface area contributed by atoms with Crippen LogP contribution >= 0.6 is 15.9 Å².